The SMILES string of the molecule is COc1ccc([C@@H]2c3ccc(O)cc3Oc3ncn4nc(CO/N=C(\C)c5ccccc5)nc4c32)cc1OC. The molecule has 6 rings (SSSR count). The van der Waals surface area contributed by atoms with Crippen LogP contribution in [0.25, 0.3) is 5.65 Å². The fourth-order valence-electron chi connectivity index (χ4n) is 4.71. The Morgan fingerprint density at radius 3 is 2.64 bits per heavy atom. The van der Waals surface area contributed by atoms with Crippen LogP contribution in [0.1, 0.15) is 40.9 Å². The molecule has 3 heterocycles. The number of aromatic hydroxyl groups is 1. The Morgan fingerprint density at radius 2 is 1.85 bits per heavy atom. The van der Waals surface area contributed by atoms with E-state index in [9.17, 15) is 5.11 Å². The molecule has 0 amide bonds. The largest absolute Gasteiger partial charge is 0.508 e. The van der Waals surface area contributed by atoms with Crippen LogP contribution in [0.5, 0.6) is 28.9 Å². The van der Waals surface area contributed by atoms with E-state index >= 15 is 0 Å². The van der Waals surface area contributed by atoms with Crippen molar-refractivity contribution in [1.82, 2.24) is 19.6 Å². The summed E-state index contributed by atoms with van der Waals surface area (Å²) >= 11 is 0. The molecule has 2 aromatic heterocycles. The van der Waals surface area contributed by atoms with E-state index < -0.39 is 0 Å². The van der Waals surface area contributed by atoms with Gasteiger partial charge in [0.05, 0.1) is 25.5 Å². The molecule has 0 bridgehead atoms. The maximum atomic E-state index is 10.1. The lowest BCUT2D eigenvalue weighted by Gasteiger charge is -2.28. The molecule has 0 spiro atoms. The van der Waals surface area contributed by atoms with Crippen LogP contribution in [0.4, 0.5) is 0 Å². The molecule has 0 unspecified atom stereocenters. The topological polar surface area (TPSA) is 113 Å². The number of nitrogens with zero attached hydrogens (tertiary/aromatic N) is 5. The van der Waals surface area contributed by atoms with Crippen molar-refractivity contribution in [1.29, 1.82) is 0 Å². The summed E-state index contributed by atoms with van der Waals surface area (Å²) in [6.07, 6.45) is 1.54. The smallest absolute Gasteiger partial charge is 0.228 e. The number of benzene rings is 3. The number of hydrogen-bond acceptors (Lipinski definition) is 9. The molecular weight excluding hydrogens is 498 g/mol. The van der Waals surface area contributed by atoms with Crippen molar-refractivity contribution in [3.8, 4) is 28.9 Å². The molecule has 39 heavy (non-hydrogen) atoms. The van der Waals surface area contributed by atoms with Crippen molar-refractivity contribution in [2.24, 2.45) is 5.16 Å². The lowest BCUT2D eigenvalue weighted by Crippen LogP contribution is -2.15. The predicted octanol–water partition coefficient (Wildman–Crippen LogP) is 5.07. The summed E-state index contributed by atoms with van der Waals surface area (Å²) in [6, 6.07) is 20.6. The molecule has 5 aromatic rings. The maximum Gasteiger partial charge on any atom is 0.228 e. The van der Waals surface area contributed by atoms with Crippen LogP contribution in [0.15, 0.2) is 78.2 Å². The third kappa shape index (κ3) is 4.46. The highest BCUT2D eigenvalue weighted by molar-refractivity contribution is 5.98. The third-order valence-electron chi connectivity index (χ3n) is 6.56. The molecule has 1 atom stereocenters. The first-order valence-corrected chi connectivity index (χ1v) is 12.2. The Balaban J connectivity index is 1.41. The van der Waals surface area contributed by atoms with Crippen LogP contribution < -0.4 is 14.2 Å². The Hall–Kier alpha value is -5.12. The quantitative estimate of drug-likeness (QED) is 0.228. The van der Waals surface area contributed by atoms with Crippen LogP contribution in [-0.4, -0.2) is 44.6 Å². The minimum Gasteiger partial charge on any atom is -0.508 e. The van der Waals surface area contributed by atoms with Crippen molar-refractivity contribution in [3.63, 3.8) is 0 Å². The van der Waals surface area contributed by atoms with Crippen LogP contribution in [0.2, 0.25) is 0 Å². The number of aromatic nitrogens is 4. The van der Waals surface area contributed by atoms with E-state index in [1.54, 1.807) is 37.2 Å². The fraction of sp³-hybridized carbons (Fsp3) is 0.172. The van der Waals surface area contributed by atoms with Crippen LogP contribution in [-0.2, 0) is 11.4 Å². The summed E-state index contributed by atoms with van der Waals surface area (Å²) in [5.41, 5.74) is 4.76. The average molecular weight is 524 g/mol. The lowest BCUT2D eigenvalue weighted by molar-refractivity contribution is 0.125. The molecule has 10 nitrogen and oxygen atoms in total. The predicted molar refractivity (Wildman–Crippen MR) is 143 cm³/mol. The summed E-state index contributed by atoms with van der Waals surface area (Å²) < 4.78 is 18.8. The number of fused-ring (bicyclic) bond motifs is 4. The van der Waals surface area contributed by atoms with E-state index in [4.69, 9.17) is 24.0 Å². The van der Waals surface area contributed by atoms with E-state index in [0.717, 1.165) is 28.0 Å². The molecule has 0 saturated carbocycles. The van der Waals surface area contributed by atoms with Crippen LogP contribution in [0.3, 0.4) is 0 Å². The van der Waals surface area contributed by atoms with Gasteiger partial charge < -0.3 is 24.2 Å². The zero-order valence-corrected chi connectivity index (χ0v) is 21.5. The molecule has 1 aliphatic heterocycles. The fourth-order valence-corrected chi connectivity index (χ4v) is 4.71. The van der Waals surface area contributed by atoms with Crippen molar-refractivity contribution >= 4 is 11.4 Å². The number of methoxy groups -OCH3 is 2. The Bertz CT molecular complexity index is 1700. The number of rotatable bonds is 7. The second-order valence-corrected chi connectivity index (χ2v) is 8.95. The van der Waals surface area contributed by atoms with Crippen LogP contribution >= 0.6 is 0 Å². The van der Waals surface area contributed by atoms with Gasteiger partial charge in [0, 0.05) is 17.5 Å². The van der Waals surface area contributed by atoms with Gasteiger partial charge in [0.1, 0.15) is 17.8 Å². The third-order valence-corrected chi connectivity index (χ3v) is 6.56. The van der Waals surface area contributed by atoms with Crippen molar-refractivity contribution < 1.29 is 24.2 Å². The van der Waals surface area contributed by atoms with Gasteiger partial charge in [-0.25, -0.2) is 14.5 Å². The number of ether oxygens (including phenoxy) is 3. The zero-order chi connectivity index (χ0) is 26.9. The number of phenols is 1. The second kappa shape index (κ2) is 9.97. The minimum atomic E-state index is -0.336. The Labute approximate surface area is 224 Å². The van der Waals surface area contributed by atoms with E-state index in [0.29, 0.717) is 34.6 Å². The minimum absolute atomic E-state index is 0.0764. The van der Waals surface area contributed by atoms with Gasteiger partial charge in [-0.05, 0) is 36.2 Å². The highest BCUT2D eigenvalue weighted by Gasteiger charge is 2.34. The molecule has 10 heteroatoms. The van der Waals surface area contributed by atoms with Crippen LogP contribution in [0, 0.1) is 0 Å². The summed E-state index contributed by atoms with van der Waals surface area (Å²) in [5.74, 6) is 2.28. The highest BCUT2D eigenvalue weighted by atomic mass is 16.6. The molecule has 196 valence electrons. The number of hydrogen-bond donors (Lipinski definition) is 1. The van der Waals surface area contributed by atoms with Gasteiger partial charge in [0.25, 0.3) is 0 Å². The highest BCUT2D eigenvalue weighted by Crippen LogP contribution is 2.49. The van der Waals surface area contributed by atoms with Gasteiger partial charge in [-0.1, -0.05) is 47.6 Å². The Morgan fingerprint density at radius 1 is 1.03 bits per heavy atom. The van der Waals surface area contributed by atoms with Gasteiger partial charge in [0.15, 0.2) is 29.6 Å². The number of phenolic OH excluding ortho intramolecular Hbond substituents is 1. The van der Waals surface area contributed by atoms with Gasteiger partial charge >= 0.3 is 0 Å². The second-order valence-electron chi connectivity index (χ2n) is 8.95. The maximum absolute atomic E-state index is 10.1. The molecule has 0 fully saturated rings. The summed E-state index contributed by atoms with van der Waals surface area (Å²) in [4.78, 5) is 14.9. The molecule has 0 saturated heterocycles. The van der Waals surface area contributed by atoms with Gasteiger partial charge in [-0.15, -0.1) is 5.10 Å². The van der Waals surface area contributed by atoms with Crippen molar-refractivity contribution in [3.05, 3.63) is 101 Å². The molecule has 3 aromatic carbocycles. The monoisotopic (exact) mass is 523 g/mol. The first kappa shape index (κ1) is 24.2. The van der Waals surface area contributed by atoms with Gasteiger partial charge in [0.2, 0.25) is 5.88 Å². The molecular formula is C29H25N5O5. The molecule has 1 aliphatic rings. The number of oxime groups is 1. The van der Waals surface area contributed by atoms with Gasteiger partial charge in [-0.2, -0.15) is 0 Å². The van der Waals surface area contributed by atoms with Crippen molar-refractivity contribution in [2.45, 2.75) is 19.4 Å². The summed E-state index contributed by atoms with van der Waals surface area (Å²) in [5, 5.41) is 18.9. The van der Waals surface area contributed by atoms with Crippen molar-refractivity contribution in [2.75, 3.05) is 14.2 Å². The van der Waals surface area contributed by atoms with Gasteiger partial charge in [-0.3, -0.25) is 0 Å². The first-order chi connectivity index (χ1) is 19.1. The molecule has 1 N–H and O–H groups in total. The summed E-state index contributed by atoms with van der Waals surface area (Å²) in [6.45, 7) is 1.96. The van der Waals surface area contributed by atoms with E-state index in [1.165, 1.54) is 0 Å². The zero-order valence-electron chi connectivity index (χ0n) is 21.5. The lowest BCUT2D eigenvalue weighted by atomic mass is 9.83. The standard InChI is InChI=1S/C29H25N5O5/c1-17(18-7-5-4-6-8-18)33-38-15-25-31-28-27-26(19-9-12-22(36-2)24(13-19)37-3)21-11-10-20(35)14-23(21)39-29(27)30-16-34(28)32-25/h4-14,16,26,35H,15H2,1-3H3/b33-17+/t26-/m1/s1. The molecule has 0 aliphatic carbocycles. The Kier molecular flexibility index (Phi) is 6.20. The normalized spacial score (nSPS) is 14.3. The van der Waals surface area contributed by atoms with E-state index in [2.05, 4.69) is 15.2 Å². The molecule has 0 radical (unpaired) electrons. The average Bonchev–Trinajstić information content (AvgIpc) is 3.39. The van der Waals surface area contributed by atoms with E-state index in [-0.39, 0.29) is 18.3 Å². The van der Waals surface area contributed by atoms with E-state index in [1.807, 2.05) is 61.5 Å². The summed E-state index contributed by atoms with van der Waals surface area (Å²) in [7, 11) is 3.19. The first-order valence-electron chi connectivity index (χ1n) is 12.2.